The molecule has 5 rings (SSSR count). The van der Waals surface area contributed by atoms with Crippen molar-refractivity contribution in [1.82, 2.24) is 9.55 Å². The number of Topliss-reactive ketones (excluding diaryl/α,β-unsaturated/α-hetero) is 1. The zero-order valence-corrected chi connectivity index (χ0v) is 20.8. The van der Waals surface area contributed by atoms with Gasteiger partial charge in [0.05, 0.1) is 22.5 Å². The van der Waals surface area contributed by atoms with Crippen molar-refractivity contribution >= 4 is 46.0 Å². The number of amides is 1. The van der Waals surface area contributed by atoms with Gasteiger partial charge in [-0.25, -0.2) is 4.98 Å². The topological polar surface area (TPSA) is 95.1 Å². The predicted octanol–water partition coefficient (Wildman–Crippen LogP) is 5.60. The quantitative estimate of drug-likeness (QED) is 0.387. The standard InChI is InChI=1S/C25H20ClN3O3S2/c1-25(2)8-19-15(21(30)9-25)7-16(24(32)29(19)20-12-33-10-17(20)22(27)31)23-28-18(11-34-23)13-3-5-14(26)6-4-13/h3-7,10-12H,8-9H2,1-2H3,(H2,27,31). The van der Waals surface area contributed by atoms with Crippen molar-refractivity contribution in [3.05, 3.63) is 78.7 Å². The van der Waals surface area contributed by atoms with E-state index in [-0.39, 0.29) is 22.3 Å². The number of ketones is 1. The van der Waals surface area contributed by atoms with Crippen LogP contribution < -0.4 is 11.3 Å². The molecule has 0 aliphatic heterocycles. The van der Waals surface area contributed by atoms with Gasteiger partial charge in [-0.2, -0.15) is 0 Å². The van der Waals surface area contributed by atoms with Crippen LogP contribution in [-0.2, 0) is 6.42 Å². The molecule has 3 aromatic heterocycles. The number of thiophene rings is 1. The van der Waals surface area contributed by atoms with Crippen LogP contribution in [0.5, 0.6) is 0 Å². The van der Waals surface area contributed by atoms with Crippen molar-refractivity contribution in [2.45, 2.75) is 26.7 Å². The van der Waals surface area contributed by atoms with Crippen molar-refractivity contribution in [2.75, 3.05) is 0 Å². The van der Waals surface area contributed by atoms with Gasteiger partial charge >= 0.3 is 0 Å². The van der Waals surface area contributed by atoms with Gasteiger partial charge in [0.25, 0.3) is 11.5 Å². The largest absolute Gasteiger partial charge is 0.366 e. The van der Waals surface area contributed by atoms with Crippen molar-refractivity contribution in [2.24, 2.45) is 11.1 Å². The number of carbonyl (C=O) groups is 2. The Bertz CT molecular complexity index is 1510. The Labute approximate surface area is 208 Å². The third-order valence-corrected chi connectivity index (χ3v) is 7.77. The second-order valence-electron chi connectivity index (χ2n) is 9.08. The monoisotopic (exact) mass is 509 g/mol. The Hall–Kier alpha value is -3.07. The molecule has 9 heteroatoms. The Balaban J connectivity index is 1.75. The van der Waals surface area contributed by atoms with Gasteiger partial charge in [-0.15, -0.1) is 22.7 Å². The number of nitrogens with two attached hydrogens (primary N) is 1. The van der Waals surface area contributed by atoms with Crippen molar-refractivity contribution in [3.8, 4) is 27.5 Å². The van der Waals surface area contributed by atoms with Gasteiger partial charge in [0.2, 0.25) is 0 Å². The molecule has 0 unspecified atom stereocenters. The summed E-state index contributed by atoms with van der Waals surface area (Å²) in [5, 5.41) is 6.34. The number of benzene rings is 1. The highest BCUT2D eigenvalue weighted by Crippen LogP contribution is 2.38. The molecule has 0 saturated heterocycles. The van der Waals surface area contributed by atoms with E-state index in [2.05, 4.69) is 4.98 Å². The van der Waals surface area contributed by atoms with Crippen LogP contribution in [0.25, 0.3) is 27.5 Å². The van der Waals surface area contributed by atoms with E-state index in [1.165, 1.54) is 27.2 Å². The molecule has 6 nitrogen and oxygen atoms in total. The van der Waals surface area contributed by atoms with E-state index in [0.29, 0.717) is 51.1 Å². The van der Waals surface area contributed by atoms with Crippen LogP contribution in [-0.4, -0.2) is 21.2 Å². The molecule has 172 valence electrons. The van der Waals surface area contributed by atoms with E-state index in [9.17, 15) is 14.4 Å². The van der Waals surface area contributed by atoms with Gasteiger partial charge in [-0.1, -0.05) is 37.6 Å². The molecule has 1 aliphatic rings. The third kappa shape index (κ3) is 3.91. The maximum atomic E-state index is 13.9. The van der Waals surface area contributed by atoms with E-state index in [4.69, 9.17) is 17.3 Å². The number of halogens is 1. The first-order valence-electron chi connectivity index (χ1n) is 10.5. The number of pyridine rings is 1. The van der Waals surface area contributed by atoms with E-state index in [0.717, 1.165) is 5.56 Å². The summed E-state index contributed by atoms with van der Waals surface area (Å²) < 4.78 is 1.49. The van der Waals surface area contributed by atoms with Crippen LogP contribution >= 0.6 is 34.3 Å². The summed E-state index contributed by atoms with van der Waals surface area (Å²) in [6, 6.07) is 8.95. The molecule has 0 fully saturated rings. The summed E-state index contributed by atoms with van der Waals surface area (Å²) in [4.78, 5) is 43.8. The van der Waals surface area contributed by atoms with E-state index in [1.807, 2.05) is 31.4 Å². The molecular formula is C25H20ClN3O3S2. The minimum Gasteiger partial charge on any atom is -0.366 e. The maximum Gasteiger partial charge on any atom is 0.265 e. The number of thiazole rings is 1. The lowest BCUT2D eigenvalue weighted by molar-refractivity contribution is 0.0908. The van der Waals surface area contributed by atoms with Gasteiger partial charge < -0.3 is 5.73 Å². The average molecular weight is 510 g/mol. The van der Waals surface area contributed by atoms with E-state index in [1.54, 1.807) is 29.0 Å². The highest BCUT2D eigenvalue weighted by Gasteiger charge is 2.35. The second kappa shape index (κ2) is 8.30. The van der Waals surface area contributed by atoms with Gasteiger partial charge in [0, 0.05) is 44.4 Å². The summed E-state index contributed by atoms with van der Waals surface area (Å²) >= 11 is 8.61. The van der Waals surface area contributed by atoms with Crippen LogP contribution in [0, 0.1) is 5.41 Å². The average Bonchev–Trinajstić information content (AvgIpc) is 3.43. The number of primary amides is 1. The number of nitrogens with zero attached hydrogens (tertiary/aromatic N) is 2. The highest BCUT2D eigenvalue weighted by atomic mass is 35.5. The fourth-order valence-corrected chi connectivity index (χ4v) is 6.09. The Morgan fingerprint density at radius 1 is 1.09 bits per heavy atom. The summed E-state index contributed by atoms with van der Waals surface area (Å²) in [6.07, 6.45) is 0.892. The molecule has 1 amide bonds. The normalized spacial score (nSPS) is 14.7. The SMILES string of the molecule is CC1(C)CC(=O)c2cc(-c3nc(-c4ccc(Cl)cc4)cs3)c(=O)n(-c3cscc3C(N)=O)c2C1. The van der Waals surface area contributed by atoms with Crippen LogP contribution in [0.3, 0.4) is 0 Å². The fourth-order valence-electron chi connectivity index (χ4n) is 4.32. The van der Waals surface area contributed by atoms with Crippen molar-refractivity contribution in [1.29, 1.82) is 0 Å². The maximum absolute atomic E-state index is 13.9. The number of aromatic nitrogens is 2. The van der Waals surface area contributed by atoms with Crippen molar-refractivity contribution in [3.63, 3.8) is 0 Å². The number of rotatable bonds is 4. The van der Waals surface area contributed by atoms with E-state index < -0.39 is 5.91 Å². The lowest BCUT2D eigenvalue weighted by atomic mass is 9.75. The molecule has 0 atom stereocenters. The first kappa shape index (κ1) is 22.7. The fraction of sp³-hybridized carbons (Fsp3) is 0.200. The smallest absolute Gasteiger partial charge is 0.265 e. The summed E-state index contributed by atoms with van der Waals surface area (Å²) in [5.41, 5.74) is 8.59. The molecule has 0 radical (unpaired) electrons. The Morgan fingerprint density at radius 3 is 2.53 bits per heavy atom. The van der Waals surface area contributed by atoms with Crippen LogP contribution in [0.15, 0.2) is 51.3 Å². The molecule has 0 bridgehead atoms. The Kier molecular flexibility index (Phi) is 5.55. The highest BCUT2D eigenvalue weighted by molar-refractivity contribution is 7.13. The molecule has 0 saturated carbocycles. The summed E-state index contributed by atoms with van der Waals surface area (Å²) in [5.74, 6) is -0.658. The summed E-state index contributed by atoms with van der Waals surface area (Å²) in [7, 11) is 0. The molecule has 4 aromatic rings. The first-order chi connectivity index (χ1) is 16.1. The summed E-state index contributed by atoms with van der Waals surface area (Å²) in [6.45, 7) is 4.00. The van der Waals surface area contributed by atoms with Gasteiger partial charge in [0.15, 0.2) is 5.78 Å². The van der Waals surface area contributed by atoms with Crippen LogP contribution in [0.4, 0.5) is 0 Å². The molecule has 34 heavy (non-hydrogen) atoms. The molecule has 3 heterocycles. The zero-order valence-electron chi connectivity index (χ0n) is 18.4. The van der Waals surface area contributed by atoms with Gasteiger partial charge in [-0.05, 0) is 30.0 Å². The van der Waals surface area contributed by atoms with Gasteiger partial charge in [0.1, 0.15) is 5.01 Å². The minimum absolute atomic E-state index is 0.0356. The molecule has 1 aromatic carbocycles. The molecule has 1 aliphatic carbocycles. The first-order valence-corrected chi connectivity index (χ1v) is 12.7. The predicted molar refractivity (Wildman–Crippen MR) is 136 cm³/mol. The molecule has 0 spiro atoms. The Morgan fingerprint density at radius 2 is 1.82 bits per heavy atom. The van der Waals surface area contributed by atoms with Crippen LogP contribution in [0.1, 0.15) is 46.7 Å². The third-order valence-electron chi connectivity index (χ3n) is 5.91. The number of hydrogen-bond acceptors (Lipinski definition) is 6. The molecular weight excluding hydrogens is 490 g/mol. The number of fused-ring (bicyclic) bond motifs is 1. The zero-order chi connectivity index (χ0) is 24.2. The lowest BCUT2D eigenvalue weighted by Gasteiger charge is -2.32. The number of hydrogen-bond donors (Lipinski definition) is 1. The minimum atomic E-state index is -0.622. The van der Waals surface area contributed by atoms with Gasteiger partial charge in [-0.3, -0.25) is 19.0 Å². The van der Waals surface area contributed by atoms with Crippen LogP contribution in [0.2, 0.25) is 5.02 Å². The second-order valence-corrected chi connectivity index (χ2v) is 11.1. The van der Waals surface area contributed by atoms with E-state index >= 15 is 0 Å². The molecule has 2 N–H and O–H groups in total. The van der Waals surface area contributed by atoms with Crippen molar-refractivity contribution < 1.29 is 9.59 Å². The number of carbonyl (C=O) groups excluding carboxylic acids is 2. The lowest BCUT2D eigenvalue weighted by Crippen LogP contribution is -2.35.